The molecule has 0 aliphatic heterocycles. The molecule has 0 fully saturated rings. The number of rotatable bonds is 4. The fraction of sp³-hybridized carbons (Fsp3) is 0.105. The minimum absolute atomic E-state index is 0.285. The topological polar surface area (TPSA) is 77.2 Å². The van der Waals surface area contributed by atoms with Gasteiger partial charge in [0.25, 0.3) is 5.91 Å². The fourth-order valence-corrected chi connectivity index (χ4v) is 3.26. The Labute approximate surface area is 153 Å². The predicted molar refractivity (Wildman–Crippen MR) is 101 cm³/mol. The normalized spacial score (nSPS) is 10.8. The number of hydrogen-bond donors (Lipinski definition) is 1. The number of hydrogen-bond acceptors (Lipinski definition) is 6. The molecule has 4 aromatic rings. The lowest BCUT2D eigenvalue weighted by Crippen LogP contribution is -2.11. The summed E-state index contributed by atoms with van der Waals surface area (Å²) in [4.78, 5) is 16.9. The Morgan fingerprint density at radius 3 is 2.65 bits per heavy atom. The maximum Gasteiger partial charge on any atom is 0.293 e. The summed E-state index contributed by atoms with van der Waals surface area (Å²) in [7, 11) is 1.61. The highest BCUT2D eigenvalue weighted by molar-refractivity contribution is 7.10. The maximum atomic E-state index is 12.6. The number of methoxy groups -OCH3 is 1. The Morgan fingerprint density at radius 2 is 1.92 bits per heavy atom. The number of fused-ring (bicyclic) bond motifs is 1. The number of furan rings is 1. The minimum Gasteiger partial charge on any atom is -0.497 e. The van der Waals surface area contributed by atoms with Gasteiger partial charge in [-0.1, -0.05) is 18.2 Å². The number of nitrogens with zero attached hydrogens (tertiary/aromatic N) is 2. The van der Waals surface area contributed by atoms with Crippen LogP contribution in [0.15, 0.2) is 52.9 Å². The number of nitrogens with one attached hydrogen (secondary N) is 1. The van der Waals surface area contributed by atoms with Gasteiger partial charge >= 0.3 is 0 Å². The lowest BCUT2D eigenvalue weighted by Gasteiger charge is -2.00. The first-order chi connectivity index (χ1) is 12.7. The second-order valence-electron chi connectivity index (χ2n) is 5.66. The van der Waals surface area contributed by atoms with Crippen LogP contribution in [0.3, 0.4) is 0 Å². The van der Waals surface area contributed by atoms with E-state index >= 15 is 0 Å². The third kappa shape index (κ3) is 2.93. The number of amides is 1. The van der Waals surface area contributed by atoms with Gasteiger partial charge in [0.05, 0.1) is 7.11 Å². The summed E-state index contributed by atoms with van der Waals surface area (Å²) in [5.74, 6) is 1.26. The van der Waals surface area contributed by atoms with Crippen LogP contribution in [0.25, 0.3) is 22.4 Å². The van der Waals surface area contributed by atoms with Crippen LogP contribution in [0.2, 0.25) is 0 Å². The molecule has 0 saturated carbocycles. The van der Waals surface area contributed by atoms with Crippen molar-refractivity contribution < 1.29 is 13.9 Å². The highest BCUT2D eigenvalue weighted by atomic mass is 32.1. The first-order valence-corrected chi connectivity index (χ1v) is 8.70. The van der Waals surface area contributed by atoms with Gasteiger partial charge in [0, 0.05) is 28.0 Å². The summed E-state index contributed by atoms with van der Waals surface area (Å²) in [6, 6.07) is 15.0. The number of aromatic nitrogens is 2. The van der Waals surface area contributed by atoms with E-state index in [0.717, 1.165) is 33.8 Å². The van der Waals surface area contributed by atoms with Crippen molar-refractivity contribution in [2.75, 3.05) is 12.4 Å². The smallest absolute Gasteiger partial charge is 0.293 e. The number of para-hydroxylation sites is 1. The van der Waals surface area contributed by atoms with E-state index in [4.69, 9.17) is 9.15 Å². The molecule has 130 valence electrons. The van der Waals surface area contributed by atoms with E-state index in [1.165, 1.54) is 0 Å². The molecule has 0 atom stereocenters. The Bertz CT molecular complexity index is 1080. The van der Waals surface area contributed by atoms with Crippen molar-refractivity contribution in [3.05, 3.63) is 59.9 Å². The van der Waals surface area contributed by atoms with E-state index in [-0.39, 0.29) is 11.7 Å². The zero-order valence-corrected chi connectivity index (χ0v) is 15.0. The average molecular weight is 365 g/mol. The lowest BCUT2D eigenvalue weighted by atomic mass is 10.1. The van der Waals surface area contributed by atoms with E-state index in [0.29, 0.717) is 16.5 Å². The molecular weight excluding hydrogens is 350 g/mol. The Hall–Kier alpha value is -3.19. The second kappa shape index (κ2) is 6.61. The summed E-state index contributed by atoms with van der Waals surface area (Å²) in [5, 5.41) is 4.10. The van der Waals surface area contributed by atoms with Gasteiger partial charge in [0.1, 0.15) is 11.3 Å². The van der Waals surface area contributed by atoms with E-state index in [9.17, 15) is 4.79 Å². The number of benzene rings is 2. The lowest BCUT2D eigenvalue weighted by molar-refractivity contribution is 0.0998. The van der Waals surface area contributed by atoms with Crippen molar-refractivity contribution in [3.63, 3.8) is 0 Å². The fourth-order valence-electron chi connectivity index (χ4n) is 2.68. The van der Waals surface area contributed by atoms with Gasteiger partial charge in [-0.25, -0.2) is 0 Å². The number of anilines is 1. The molecule has 0 bridgehead atoms. The minimum atomic E-state index is -0.337. The molecule has 2 aromatic carbocycles. The highest BCUT2D eigenvalue weighted by Crippen LogP contribution is 2.27. The van der Waals surface area contributed by atoms with Crippen LogP contribution in [0.1, 0.15) is 16.1 Å². The SMILES string of the molecule is COc1ccc(-c2nsc(NC(=O)c3oc4ccccc4c3C)n2)cc1. The number of carbonyl (C=O) groups is 1. The van der Waals surface area contributed by atoms with E-state index in [1.807, 2.05) is 55.5 Å². The molecule has 1 N–H and O–H groups in total. The molecule has 0 unspecified atom stereocenters. The Morgan fingerprint density at radius 1 is 1.15 bits per heavy atom. The van der Waals surface area contributed by atoms with E-state index in [2.05, 4.69) is 14.7 Å². The van der Waals surface area contributed by atoms with Crippen LogP contribution < -0.4 is 10.1 Å². The van der Waals surface area contributed by atoms with Gasteiger partial charge in [-0.05, 0) is 37.3 Å². The molecule has 1 amide bonds. The largest absolute Gasteiger partial charge is 0.497 e. The zero-order chi connectivity index (χ0) is 18.1. The number of ether oxygens (including phenoxy) is 1. The quantitative estimate of drug-likeness (QED) is 0.575. The number of aryl methyl sites for hydroxylation is 1. The van der Waals surface area contributed by atoms with Crippen LogP contribution in [-0.4, -0.2) is 22.4 Å². The molecular formula is C19H15N3O3S. The maximum absolute atomic E-state index is 12.6. The van der Waals surface area contributed by atoms with Crippen LogP contribution in [0.5, 0.6) is 5.75 Å². The van der Waals surface area contributed by atoms with Gasteiger partial charge < -0.3 is 9.15 Å². The summed E-state index contributed by atoms with van der Waals surface area (Å²) < 4.78 is 15.1. The molecule has 0 aliphatic carbocycles. The van der Waals surface area contributed by atoms with Gasteiger partial charge in [0.15, 0.2) is 11.6 Å². The predicted octanol–water partition coefficient (Wildman–Crippen LogP) is 4.52. The molecule has 7 heteroatoms. The second-order valence-corrected chi connectivity index (χ2v) is 6.41. The molecule has 2 heterocycles. The standard InChI is InChI=1S/C19H15N3O3S/c1-11-14-5-3-4-6-15(14)25-16(11)18(23)21-19-20-17(22-26-19)12-7-9-13(24-2)10-8-12/h3-10H,1-2H3,(H,20,21,22,23). The van der Waals surface area contributed by atoms with Crippen molar-refractivity contribution in [2.24, 2.45) is 0 Å². The van der Waals surface area contributed by atoms with E-state index in [1.54, 1.807) is 7.11 Å². The molecule has 0 saturated heterocycles. The number of carbonyl (C=O) groups excluding carboxylic acids is 1. The van der Waals surface area contributed by atoms with Gasteiger partial charge in [-0.3, -0.25) is 10.1 Å². The molecule has 0 spiro atoms. The van der Waals surface area contributed by atoms with E-state index < -0.39 is 0 Å². The van der Waals surface area contributed by atoms with Crippen molar-refractivity contribution in [2.45, 2.75) is 6.92 Å². The van der Waals surface area contributed by atoms with Crippen molar-refractivity contribution in [1.29, 1.82) is 0 Å². The summed E-state index contributed by atoms with van der Waals surface area (Å²) in [5.41, 5.74) is 2.34. The Balaban J connectivity index is 1.56. The summed E-state index contributed by atoms with van der Waals surface area (Å²) in [6.07, 6.45) is 0. The monoisotopic (exact) mass is 365 g/mol. The van der Waals surface area contributed by atoms with Gasteiger partial charge in [-0.15, -0.1) is 0 Å². The average Bonchev–Trinajstić information content (AvgIpc) is 3.27. The van der Waals surface area contributed by atoms with Crippen molar-refractivity contribution >= 4 is 33.5 Å². The molecule has 0 radical (unpaired) electrons. The van der Waals surface area contributed by atoms with Crippen molar-refractivity contribution in [1.82, 2.24) is 9.36 Å². The molecule has 4 rings (SSSR count). The van der Waals surface area contributed by atoms with Crippen LogP contribution in [-0.2, 0) is 0 Å². The molecule has 26 heavy (non-hydrogen) atoms. The van der Waals surface area contributed by atoms with Crippen LogP contribution in [0, 0.1) is 6.92 Å². The van der Waals surface area contributed by atoms with Crippen molar-refractivity contribution in [3.8, 4) is 17.1 Å². The summed E-state index contributed by atoms with van der Waals surface area (Å²) in [6.45, 7) is 1.86. The zero-order valence-electron chi connectivity index (χ0n) is 14.1. The first kappa shape index (κ1) is 16.3. The third-order valence-corrected chi connectivity index (χ3v) is 4.68. The first-order valence-electron chi connectivity index (χ1n) is 7.93. The summed E-state index contributed by atoms with van der Waals surface area (Å²) >= 11 is 1.12. The highest BCUT2D eigenvalue weighted by Gasteiger charge is 2.19. The van der Waals surface area contributed by atoms with Crippen LogP contribution >= 0.6 is 11.5 Å². The Kier molecular flexibility index (Phi) is 4.14. The van der Waals surface area contributed by atoms with Gasteiger partial charge in [0.2, 0.25) is 5.13 Å². The third-order valence-electron chi connectivity index (χ3n) is 4.04. The molecule has 2 aromatic heterocycles. The van der Waals surface area contributed by atoms with Gasteiger partial charge in [-0.2, -0.15) is 9.36 Å². The molecule has 6 nitrogen and oxygen atoms in total. The van der Waals surface area contributed by atoms with Crippen LogP contribution in [0.4, 0.5) is 5.13 Å². The molecule has 0 aliphatic rings.